The Bertz CT molecular complexity index is 284. The van der Waals surface area contributed by atoms with Gasteiger partial charge in [0.1, 0.15) is 0 Å². The normalized spacial score (nSPS) is 22.1. The molecule has 0 bridgehead atoms. The molecule has 2 heterocycles. The number of nitrogens with zero attached hydrogens (tertiary/aromatic N) is 2. The molecule has 0 aliphatic carbocycles. The predicted octanol–water partition coefficient (Wildman–Crippen LogP) is 1.62. The average molecular weight is 193 g/mol. The number of nitrogens with one attached hydrogen (secondary N) is 1. The summed E-state index contributed by atoms with van der Waals surface area (Å²) in [5, 5.41) is 7.95. The van der Waals surface area contributed by atoms with Crippen molar-refractivity contribution in [1.29, 1.82) is 0 Å². The largest absolute Gasteiger partial charge is 0.316 e. The van der Waals surface area contributed by atoms with Gasteiger partial charge in [0, 0.05) is 12.2 Å². The molecule has 1 aromatic rings. The quantitative estimate of drug-likeness (QED) is 0.790. The lowest BCUT2D eigenvalue weighted by Crippen LogP contribution is -2.11. The van der Waals surface area contributed by atoms with Crippen LogP contribution in [-0.4, -0.2) is 22.9 Å². The molecule has 0 saturated carbocycles. The highest BCUT2D eigenvalue weighted by atomic mass is 15.3. The molecule has 78 valence electrons. The first-order chi connectivity index (χ1) is 6.75. The minimum Gasteiger partial charge on any atom is -0.316 e. The number of rotatable bonds is 3. The summed E-state index contributed by atoms with van der Waals surface area (Å²) in [7, 11) is 0. The first-order valence-corrected chi connectivity index (χ1v) is 5.50. The van der Waals surface area contributed by atoms with E-state index >= 15 is 0 Å². The van der Waals surface area contributed by atoms with E-state index < -0.39 is 0 Å². The first-order valence-electron chi connectivity index (χ1n) is 5.50. The second-order valence-electron chi connectivity index (χ2n) is 4.44. The maximum atomic E-state index is 4.56. The lowest BCUT2D eigenvalue weighted by molar-refractivity contribution is 0.511. The van der Waals surface area contributed by atoms with Crippen molar-refractivity contribution in [2.75, 3.05) is 13.1 Å². The summed E-state index contributed by atoms with van der Waals surface area (Å²) in [6.45, 7) is 6.66. The highest BCUT2D eigenvalue weighted by molar-refractivity contribution is 5.01. The van der Waals surface area contributed by atoms with Crippen LogP contribution in [0.2, 0.25) is 0 Å². The zero-order valence-corrected chi connectivity index (χ0v) is 9.03. The first kappa shape index (κ1) is 9.71. The van der Waals surface area contributed by atoms with Gasteiger partial charge in [-0.25, -0.2) is 0 Å². The minimum absolute atomic E-state index is 0.477. The lowest BCUT2D eigenvalue weighted by atomic mass is 10.0. The van der Waals surface area contributed by atoms with E-state index in [1.165, 1.54) is 18.7 Å². The van der Waals surface area contributed by atoms with Gasteiger partial charge in [-0.3, -0.25) is 4.68 Å². The van der Waals surface area contributed by atoms with E-state index in [2.05, 4.69) is 36.5 Å². The maximum absolute atomic E-state index is 4.56. The molecular weight excluding hydrogens is 174 g/mol. The topological polar surface area (TPSA) is 29.9 Å². The molecule has 1 aliphatic rings. The van der Waals surface area contributed by atoms with Crippen LogP contribution in [0.5, 0.6) is 0 Å². The molecule has 1 aliphatic heterocycles. The maximum Gasteiger partial charge on any atom is 0.0627 e. The van der Waals surface area contributed by atoms with E-state index in [1.54, 1.807) is 0 Å². The second kappa shape index (κ2) is 4.13. The third kappa shape index (κ3) is 2.15. The van der Waals surface area contributed by atoms with Gasteiger partial charge in [0.25, 0.3) is 0 Å². The Morgan fingerprint density at radius 1 is 1.64 bits per heavy atom. The Morgan fingerprint density at radius 2 is 2.50 bits per heavy atom. The van der Waals surface area contributed by atoms with Crippen LogP contribution in [-0.2, 0) is 6.42 Å². The summed E-state index contributed by atoms with van der Waals surface area (Å²) < 4.78 is 2.04. The standard InChI is InChI=1S/C11H19N3/c1-9(2)14-6-4-11(13-14)7-10-3-5-12-8-10/h4,6,9-10,12H,3,5,7-8H2,1-2H3. The third-order valence-corrected chi connectivity index (χ3v) is 2.85. The van der Waals surface area contributed by atoms with Crippen LogP contribution in [0.3, 0.4) is 0 Å². The van der Waals surface area contributed by atoms with Crippen molar-refractivity contribution in [3.8, 4) is 0 Å². The van der Waals surface area contributed by atoms with Crippen LogP contribution < -0.4 is 5.32 Å². The van der Waals surface area contributed by atoms with Crippen LogP contribution in [0, 0.1) is 5.92 Å². The van der Waals surface area contributed by atoms with Gasteiger partial charge in [0.2, 0.25) is 0 Å². The Labute approximate surface area is 85.5 Å². The molecule has 1 aromatic heterocycles. The van der Waals surface area contributed by atoms with E-state index in [0.29, 0.717) is 6.04 Å². The Balaban J connectivity index is 1.95. The van der Waals surface area contributed by atoms with Crippen molar-refractivity contribution >= 4 is 0 Å². The predicted molar refractivity (Wildman–Crippen MR) is 57.3 cm³/mol. The summed E-state index contributed by atoms with van der Waals surface area (Å²) in [5.41, 5.74) is 1.24. The Kier molecular flexibility index (Phi) is 2.87. The molecule has 3 heteroatoms. The van der Waals surface area contributed by atoms with E-state index in [4.69, 9.17) is 0 Å². The molecule has 0 amide bonds. The van der Waals surface area contributed by atoms with E-state index in [-0.39, 0.29) is 0 Å². The van der Waals surface area contributed by atoms with Gasteiger partial charge < -0.3 is 5.32 Å². The minimum atomic E-state index is 0.477. The summed E-state index contributed by atoms with van der Waals surface area (Å²) in [6.07, 6.45) is 4.52. The summed E-state index contributed by atoms with van der Waals surface area (Å²) >= 11 is 0. The van der Waals surface area contributed by atoms with Gasteiger partial charge in [-0.2, -0.15) is 5.10 Å². The molecule has 2 rings (SSSR count). The van der Waals surface area contributed by atoms with Crippen molar-refractivity contribution < 1.29 is 0 Å². The highest BCUT2D eigenvalue weighted by Gasteiger charge is 2.16. The molecule has 1 atom stereocenters. The Hall–Kier alpha value is -0.830. The number of hydrogen-bond acceptors (Lipinski definition) is 2. The van der Waals surface area contributed by atoms with Crippen LogP contribution in [0.15, 0.2) is 12.3 Å². The molecule has 0 spiro atoms. The van der Waals surface area contributed by atoms with Gasteiger partial charge in [-0.1, -0.05) is 0 Å². The molecule has 14 heavy (non-hydrogen) atoms. The molecule has 0 aromatic carbocycles. The third-order valence-electron chi connectivity index (χ3n) is 2.85. The zero-order valence-electron chi connectivity index (χ0n) is 9.03. The van der Waals surface area contributed by atoms with Gasteiger partial charge in [-0.05, 0) is 51.8 Å². The van der Waals surface area contributed by atoms with Crippen LogP contribution >= 0.6 is 0 Å². The van der Waals surface area contributed by atoms with Crippen molar-refractivity contribution in [3.05, 3.63) is 18.0 Å². The molecule has 0 radical (unpaired) electrons. The summed E-state index contributed by atoms with van der Waals surface area (Å²) in [6, 6.07) is 2.63. The monoisotopic (exact) mass is 193 g/mol. The van der Waals surface area contributed by atoms with Gasteiger partial charge in [-0.15, -0.1) is 0 Å². The van der Waals surface area contributed by atoms with Crippen LogP contribution in [0.1, 0.15) is 32.0 Å². The molecule has 1 unspecified atom stereocenters. The van der Waals surface area contributed by atoms with Crippen LogP contribution in [0.25, 0.3) is 0 Å². The summed E-state index contributed by atoms with van der Waals surface area (Å²) in [4.78, 5) is 0. The molecule has 1 N–H and O–H groups in total. The SMILES string of the molecule is CC(C)n1ccc(CC2CCNC2)n1. The molecular formula is C11H19N3. The van der Waals surface area contributed by atoms with Crippen molar-refractivity contribution in [1.82, 2.24) is 15.1 Å². The Morgan fingerprint density at radius 3 is 3.07 bits per heavy atom. The zero-order chi connectivity index (χ0) is 9.97. The second-order valence-corrected chi connectivity index (χ2v) is 4.44. The van der Waals surface area contributed by atoms with Crippen molar-refractivity contribution in [2.45, 2.75) is 32.7 Å². The fourth-order valence-electron chi connectivity index (χ4n) is 1.96. The fraction of sp³-hybridized carbons (Fsp3) is 0.727. The van der Waals surface area contributed by atoms with E-state index in [9.17, 15) is 0 Å². The molecule has 1 fully saturated rings. The van der Waals surface area contributed by atoms with Gasteiger partial charge in [0.05, 0.1) is 5.69 Å². The lowest BCUT2D eigenvalue weighted by Gasteiger charge is -2.06. The fourth-order valence-corrected chi connectivity index (χ4v) is 1.96. The average Bonchev–Trinajstić information content (AvgIpc) is 2.75. The summed E-state index contributed by atoms with van der Waals surface area (Å²) in [5.74, 6) is 0.797. The van der Waals surface area contributed by atoms with E-state index in [0.717, 1.165) is 18.9 Å². The highest BCUT2D eigenvalue weighted by Crippen LogP contribution is 2.14. The molecule has 1 saturated heterocycles. The van der Waals surface area contributed by atoms with Gasteiger partial charge in [0.15, 0.2) is 0 Å². The smallest absolute Gasteiger partial charge is 0.0627 e. The van der Waals surface area contributed by atoms with Crippen molar-refractivity contribution in [2.24, 2.45) is 5.92 Å². The van der Waals surface area contributed by atoms with Gasteiger partial charge >= 0.3 is 0 Å². The number of hydrogen-bond donors (Lipinski definition) is 1. The van der Waals surface area contributed by atoms with Crippen molar-refractivity contribution in [3.63, 3.8) is 0 Å². The van der Waals surface area contributed by atoms with Crippen LogP contribution in [0.4, 0.5) is 0 Å². The van der Waals surface area contributed by atoms with E-state index in [1.807, 2.05) is 4.68 Å². The number of aromatic nitrogens is 2. The molecule has 3 nitrogen and oxygen atoms in total.